The number of hydrogen-bond acceptors (Lipinski definition) is 2. The summed E-state index contributed by atoms with van der Waals surface area (Å²) in [5, 5.41) is 5.29. The fourth-order valence-corrected chi connectivity index (χ4v) is 1.12. The number of alkyl halides is 3. The molecule has 1 aliphatic heterocycles. The molecular formula is C7H13F3N2. The van der Waals surface area contributed by atoms with Crippen molar-refractivity contribution in [3.05, 3.63) is 0 Å². The lowest BCUT2D eigenvalue weighted by atomic mass is 10.0. The number of rotatable bonds is 0. The van der Waals surface area contributed by atoms with Crippen LogP contribution in [0.2, 0.25) is 0 Å². The zero-order valence-corrected chi connectivity index (χ0v) is 7.13. The lowest BCUT2D eigenvalue weighted by Gasteiger charge is -2.37. The zero-order chi connectivity index (χ0) is 9.41. The smallest absolute Gasteiger partial charge is 0.309 e. The van der Waals surface area contributed by atoms with Crippen LogP contribution in [0.25, 0.3) is 0 Å². The quantitative estimate of drug-likeness (QED) is 0.581. The Labute approximate surface area is 69.5 Å². The maximum absolute atomic E-state index is 12.1. The summed E-state index contributed by atoms with van der Waals surface area (Å²) in [5.74, 6) is 0. The van der Waals surface area contributed by atoms with Crippen LogP contribution in [-0.4, -0.2) is 30.8 Å². The topological polar surface area (TPSA) is 24.1 Å². The molecule has 0 aromatic heterocycles. The van der Waals surface area contributed by atoms with Crippen LogP contribution < -0.4 is 10.6 Å². The first-order valence-corrected chi connectivity index (χ1v) is 3.86. The maximum Gasteiger partial charge on any atom is 0.405 e. The molecule has 5 heteroatoms. The molecule has 0 bridgehead atoms. The van der Waals surface area contributed by atoms with E-state index in [9.17, 15) is 13.2 Å². The molecule has 1 saturated heterocycles. The van der Waals surface area contributed by atoms with Gasteiger partial charge in [-0.3, -0.25) is 0 Å². The van der Waals surface area contributed by atoms with Crippen molar-refractivity contribution in [1.82, 2.24) is 10.6 Å². The van der Waals surface area contributed by atoms with E-state index < -0.39 is 12.2 Å². The molecule has 0 saturated carbocycles. The summed E-state index contributed by atoms with van der Waals surface area (Å²) in [5.41, 5.74) is -0.234. The van der Waals surface area contributed by atoms with Gasteiger partial charge in [0.05, 0.1) is 0 Å². The van der Waals surface area contributed by atoms with Gasteiger partial charge in [-0.2, -0.15) is 13.2 Å². The van der Waals surface area contributed by atoms with Crippen LogP contribution in [0, 0.1) is 0 Å². The Morgan fingerprint density at radius 2 is 1.92 bits per heavy atom. The van der Waals surface area contributed by atoms with Crippen molar-refractivity contribution in [3.8, 4) is 0 Å². The highest BCUT2D eigenvalue weighted by atomic mass is 19.4. The van der Waals surface area contributed by atoms with Gasteiger partial charge in [0.1, 0.15) is 6.04 Å². The van der Waals surface area contributed by atoms with Gasteiger partial charge in [-0.05, 0) is 13.8 Å². The van der Waals surface area contributed by atoms with Crippen LogP contribution in [0.5, 0.6) is 0 Å². The Kier molecular flexibility index (Phi) is 2.35. The van der Waals surface area contributed by atoms with E-state index in [0.29, 0.717) is 6.54 Å². The van der Waals surface area contributed by atoms with Crippen molar-refractivity contribution >= 4 is 0 Å². The number of halogens is 3. The van der Waals surface area contributed by atoms with Crippen molar-refractivity contribution in [2.45, 2.75) is 31.6 Å². The van der Waals surface area contributed by atoms with E-state index >= 15 is 0 Å². The molecule has 1 aliphatic rings. The van der Waals surface area contributed by atoms with Gasteiger partial charge in [0.15, 0.2) is 0 Å². The Morgan fingerprint density at radius 1 is 1.33 bits per heavy atom. The van der Waals surface area contributed by atoms with E-state index in [0.717, 1.165) is 0 Å². The van der Waals surface area contributed by atoms with Crippen LogP contribution in [0.1, 0.15) is 13.8 Å². The summed E-state index contributed by atoms with van der Waals surface area (Å²) in [6.07, 6.45) is -4.14. The molecule has 2 nitrogen and oxygen atoms in total. The minimum atomic E-state index is -4.14. The predicted molar refractivity (Wildman–Crippen MR) is 39.9 cm³/mol. The first-order chi connectivity index (χ1) is 5.31. The third kappa shape index (κ3) is 2.35. The van der Waals surface area contributed by atoms with Gasteiger partial charge in [0.25, 0.3) is 0 Å². The van der Waals surface area contributed by atoms with Gasteiger partial charge in [-0.1, -0.05) is 0 Å². The summed E-state index contributed by atoms with van der Waals surface area (Å²) in [6.45, 7) is 4.03. The van der Waals surface area contributed by atoms with E-state index in [-0.39, 0.29) is 12.1 Å². The van der Waals surface area contributed by atoms with Crippen molar-refractivity contribution in [3.63, 3.8) is 0 Å². The van der Waals surface area contributed by atoms with Crippen LogP contribution >= 0.6 is 0 Å². The molecule has 0 spiro atoms. The van der Waals surface area contributed by atoms with Crippen LogP contribution in [0.3, 0.4) is 0 Å². The molecular weight excluding hydrogens is 169 g/mol. The second-order valence-corrected chi connectivity index (χ2v) is 3.74. The molecule has 12 heavy (non-hydrogen) atoms. The Bertz CT molecular complexity index is 155. The highest BCUT2D eigenvalue weighted by molar-refractivity contribution is 4.92. The molecule has 1 unspecified atom stereocenters. The number of nitrogens with one attached hydrogen (secondary N) is 2. The fraction of sp³-hybridized carbons (Fsp3) is 1.00. The second kappa shape index (κ2) is 2.88. The molecule has 0 radical (unpaired) electrons. The Hall–Kier alpha value is -0.290. The minimum Gasteiger partial charge on any atom is -0.309 e. The van der Waals surface area contributed by atoms with Gasteiger partial charge in [0, 0.05) is 18.6 Å². The summed E-state index contributed by atoms with van der Waals surface area (Å²) >= 11 is 0. The minimum absolute atomic E-state index is 0.0451. The van der Waals surface area contributed by atoms with Crippen molar-refractivity contribution in [2.75, 3.05) is 13.1 Å². The monoisotopic (exact) mass is 182 g/mol. The van der Waals surface area contributed by atoms with E-state index in [1.807, 2.05) is 13.8 Å². The highest BCUT2D eigenvalue weighted by Crippen LogP contribution is 2.22. The Balaban J connectivity index is 2.47. The van der Waals surface area contributed by atoms with Crippen molar-refractivity contribution in [2.24, 2.45) is 0 Å². The first kappa shape index (κ1) is 9.80. The molecule has 0 aromatic carbocycles. The molecule has 0 aliphatic carbocycles. The van der Waals surface area contributed by atoms with Gasteiger partial charge < -0.3 is 10.6 Å². The van der Waals surface area contributed by atoms with Crippen LogP contribution in [0.4, 0.5) is 13.2 Å². The average molecular weight is 182 g/mol. The molecule has 1 rings (SSSR count). The average Bonchev–Trinajstić information content (AvgIpc) is 1.83. The molecule has 0 aromatic rings. The predicted octanol–water partition coefficient (Wildman–Crippen LogP) is 0.889. The molecule has 1 fully saturated rings. The second-order valence-electron chi connectivity index (χ2n) is 3.74. The van der Waals surface area contributed by atoms with E-state index in [1.165, 1.54) is 0 Å². The van der Waals surface area contributed by atoms with Gasteiger partial charge in [0.2, 0.25) is 0 Å². The molecule has 0 amide bonds. The molecule has 72 valence electrons. The Morgan fingerprint density at radius 3 is 2.25 bits per heavy atom. The van der Waals surface area contributed by atoms with Gasteiger partial charge in [-0.25, -0.2) is 0 Å². The maximum atomic E-state index is 12.1. The molecule has 1 heterocycles. The summed E-state index contributed by atoms with van der Waals surface area (Å²) in [4.78, 5) is 0. The SMILES string of the molecule is CC1(C)CNC(C(F)(F)F)CN1. The summed E-state index contributed by atoms with van der Waals surface area (Å²) in [7, 11) is 0. The first-order valence-electron chi connectivity index (χ1n) is 3.86. The van der Waals surface area contributed by atoms with E-state index in [4.69, 9.17) is 0 Å². The van der Waals surface area contributed by atoms with Crippen molar-refractivity contribution in [1.29, 1.82) is 0 Å². The highest BCUT2D eigenvalue weighted by Gasteiger charge is 2.42. The zero-order valence-electron chi connectivity index (χ0n) is 7.13. The normalized spacial score (nSPS) is 30.2. The standard InChI is InChI=1S/C7H13F3N2/c1-6(2)4-11-5(3-12-6)7(8,9)10/h5,11-12H,3-4H2,1-2H3. The van der Waals surface area contributed by atoms with Gasteiger partial charge >= 0.3 is 6.18 Å². The largest absolute Gasteiger partial charge is 0.405 e. The number of hydrogen-bond donors (Lipinski definition) is 2. The summed E-state index contributed by atoms with van der Waals surface area (Å²) < 4.78 is 36.3. The third-order valence-corrected chi connectivity index (χ3v) is 1.97. The van der Waals surface area contributed by atoms with Gasteiger partial charge in [-0.15, -0.1) is 0 Å². The van der Waals surface area contributed by atoms with E-state index in [1.54, 1.807) is 0 Å². The third-order valence-electron chi connectivity index (χ3n) is 1.97. The number of piperazine rings is 1. The fourth-order valence-electron chi connectivity index (χ4n) is 1.12. The van der Waals surface area contributed by atoms with Crippen LogP contribution in [-0.2, 0) is 0 Å². The van der Waals surface area contributed by atoms with E-state index in [2.05, 4.69) is 10.6 Å². The summed E-state index contributed by atoms with van der Waals surface area (Å²) in [6, 6.07) is -1.40. The molecule has 1 atom stereocenters. The molecule has 2 N–H and O–H groups in total. The lowest BCUT2D eigenvalue weighted by Crippen LogP contribution is -2.63. The van der Waals surface area contributed by atoms with Crippen molar-refractivity contribution < 1.29 is 13.2 Å². The lowest BCUT2D eigenvalue weighted by molar-refractivity contribution is -0.159. The van der Waals surface area contributed by atoms with Crippen LogP contribution in [0.15, 0.2) is 0 Å².